The summed E-state index contributed by atoms with van der Waals surface area (Å²) in [4.78, 5) is 23.8. The Morgan fingerprint density at radius 3 is 3.04 bits per heavy atom. The zero-order valence-electron chi connectivity index (χ0n) is 15.9. The number of hydrogen-bond acceptors (Lipinski definition) is 5. The van der Waals surface area contributed by atoms with Crippen LogP contribution in [0.5, 0.6) is 0 Å². The van der Waals surface area contributed by atoms with Crippen LogP contribution in [0.15, 0.2) is 47.3 Å². The Balaban J connectivity index is 1.47. The Hall–Kier alpha value is -3.22. The van der Waals surface area contributed by atoms with E-state index in [-0.39, 0.29) is 11.8 Å². The SMILES string of the molecule is Cc1cc([C@@H]2CN(C(=O)c3ccc4occc4c3)CC[C@H]2C)n2ncnc2n1. The highest BCUT2D eigenvalue weighted by Gasteiger charge is 2.32. The van der Waals surface area contributed by atoms with E-state index < -0.39 is 0 Å². The van der Waals surface area contributed by atoms with E-state index in [9.17, 15) is 4.79 Å². The first-order valence-electron chi connectivity index (χ1n) is 9.54. The molecule has 3 aromatic heterocycles. The van der Waals surface area contributed by atoms with Crippen molar-refractivity contribution in [3.05, 3.63) is 59.9 Å². The largest absolute Gasteiger partial charge is 0.464 e. The molecular formula is C21H21N5O2. The van der Waals surface area contributed by atoms with Crippen LogP contribution in [0.2, 0.25) is 0 Å². The lowest BCUT2D eigenvalue weighted by Gasteiger charge is -2.37. The number of carbonyl (C=O) groups is 1. The molecule has 0 aliphatic carbocycles. The number of carbonyl (C=O) groups excluding carboxylic acids is 1. The second kappa shape index (κ2) is 6.44. The molecule has 4 aromatic rings. The molecular weight excluding hydrogens is 354 g/mol. The molecule has 4 heterocycles. The van der Waals surface area contributed by atoms with Crippen molar-refractivity contribution in [2.75, 3.05) is 13.1 Å². The molecule has 1 saturated heterocycles. The molecule has 0 unspecified atom stereocenters. The number of aromatic nitrogens is 4. The number of rotatable bonds is 2. The molecule has 142 valence electrons. The van der Waals surface area contributed by atoms with Gasteiger partial charge in [-0.15, -0.1) is 0 Å². The van der Waals surface area contributed by atoms with E-state index in [1.54, 1.807) is 10.8 Å². The average Bonchev–Trinajstić information content (AvgIpc) is 3.35. The Morgan fingerprint density at radius 2 is 2.14 bits per heavy atom. The lowest BCUT2D eigenvalue weighted by atomic mass is 9.84. The zero-order valence-corrected chi connectivity index (χ0v) is 15.9. The summed E-state index contributed by atoms with van der Waals surface area (Å²) in [7, 11) is 0. The van der Waals surface area contributed by atoms with E-state index in [1.165, 1.54) is 6.33 Å². The van der Waals surface area contributed by atoms with E-state index in [4.69, 9.17) is 4.42 Å². The number of hydrogen-bond donors (Lipinski definition) is 0. The summed E-state index contributed by atoms with van der Waals surface area (Å²) in [6.45, 7) is 5.61. The standard InChI is InChI=1S/C21H21N5O2/c1-13-5-7-25(20(27)16-3-4-19-15(10-16)6-8-28-19)11-17(13)18-9-14(2)24-21-22-12-23-26(18)21/h3-4,6,8-10,12-13,17H,5,7,11H2,1-2H3/t13-,17-/m1/s1. The molecule has 0 spiro atoms. The van der Waals surface area contributed by atoms with Gasteiger partial charge in [-0.05, 0) is 49.6 Å². The van der Waals surface area contributed by atoms with Crippen molar-refractivity contribution < 1.29 is 9.21 Å². The molecule has 0 saturated carbocycles. The average molecular weight is 375 g/mol. The summed E-state index contributed by atoms with van der Waals surface area (Å²) in [5.41, 5.74) is 3.47. The van der Waals surface area contributed by atoms with Gasteiger partial charge in [-0.25, -0.2) is 9.50 Å². The molecule has 1 amide bonds. The number of piperidine rings is 1. The first-order chi connectivity index (χ1) is 13.6. The van der Waals surface area contributed by atoms with Crippen LogP contribution >= 0.6 is 0 Å². The first-order valence-corrected chi connectivity index (χ1v) is 9.54. The maximum atomic E-state index is 13.2. The van der Waals surface area contributed by atoms with Gasteiger partial charge < -0.3 is 9.32 Å². The predicted molar refractivity (Wildman–Crippen MR) is 104 cm³/mol. The lowest BCUT2D eigenvalue weighted by molar-refractivity contribution is 0.0666. The topological polar surface area (TPSA) is 76.5 Å². The molecule has 7 nitrogen and oxygen atoms in total. The minimum Gasteiger partial charge on any atom is -0.464 e. The number of benzene rings is 1. The van der Waals surface area contributed by atoms with Crippen LogP contribution < -0.4 is 0 Å². The van der Waals surface area contributed by atoms with Crippen LogP contribution in [-0.4, -0.2) is 43.5 Å². The number of aryl methyl sites for hydroxylation is 1. The van der Waals surface area contributed by atoms with E-state index in [2.05, 4.69) is 28.1 Å². The fourth-order valence-corrected chi connectivity index (χ4v) is 4.14. The van der Waals surface area contributed by atoms with Gasteiger partial charge in [-0.1, -0.05) is 6.92 Å². The Labute approximate surface area is 162 Å². The van der Waals surface area contributed by atoms with Gasteiger partial charge in [0.25, 0.3) is 11.7 Å². The highest BCUT2D eigenvalue weighted by Crippen LogP contribution is 2.33. The Bertz CT molecular complexity index is 1180. The van der Waals surface area contributed by atoms with Crippen LogP contribution in [0.1, 0.15) is 41.0 Å². The van der Waals surface area contributed by atoms with Gasteiger partial charge in [-0.2, -0.15) is 10.1 Å². The summed E-state index contributed by atoms with van der Waals surface area (Å²) in [6, 6.07) is 9.55. The Kier molecular flexibility index (Phi) is 3.89. The van der Waals surface area contributed by atoms with Crippen molar-refractivity contribution in [1.82, 2.24) is 24.5 Å². The molecule has 0 bridgehead atoms. The lowest BCUT2D eigenvalue weighted by Crippen LogP contribution is -2.42. The molecule has 1 aliphatic rings. The van der Waals surface area contributed by atoms with Crippen molar-refractivity contribution >= 4 is 22.7 Å². The van der Waals surface area contributed by atoms with Gasteiger partial charge in [-0.3, -0.25) is 4.79 Å². The second-order valence-corrected chi connectivity index (χ2v) is 7.59. The van der Waals surface area contributed by atoms with Crippen LogP contribution in [0, 0.1) is 12.8 Å². The second-order valence-electron chi connectivity index (χ2n) is 7.59. The van der Waals surface area contributed by atoms with Gasteiger partial charge in [0.05, 0.1) is 12.0 Å². The van der Waals surface area contributed by atoms with Crippen LogP contribution in [0.4, 0.5) is 0 Å². The van der Waals surface area contributed by atoms with Crippen molar-refractivity contribution in [2.24, 2.45) is 5.92 Å². The zero-order chi connectivity index (χ0) is 19.3. The van der Waals surface area contributed by atoms with Crippen LogP contribution in [0.3, 0.4) is 0 Å². The van der Waals surface area contributed by atoms with E-state index in [1.807, 2.05) is 36.1 Å². The number of nitrogens with zero attached hydrogens (tertiary/aromatic N) is 5. The molecule has 0 N–H and O–H groups in total. The van der Waals surface area contributed by atoms with Gasteiger partial charge in [0.15, 0.2) is 0 Å². The minimum atomic E-state index is 0.0561. The third-order valence-corrected chi connectivity index (χ3v) is 5.73. The number of amides is 1. The summed E-state index contributed by atoms with van der Waals surface area (Å²) in [5, 5.41) is 5.30. The van der Waals surface area contributed by atoms with E-state index in [0.717, 1.165) is 35.3 Å². The van der Waals surface area contributed by atoms with E-state index >= 15 is 0 Å². The minimum absolute atomic E-state index is 0.0561. The Morgan fingerprint density at radius 1 is 1.25 bits per heavy atom. The molecule has 2 atom stereocenters. The van der Waals surface area contributed by atoms with E-state index in [0.29, 0.717) is 23.8 Å². The first kappa shape index (κ1) is 16.9. The molecule has 1 aliphatic heterocycles. The number of likely N-dealkylation sites (tertiary alicyclic amines) is 1. The van der Waals surface area contributed by atoms with Gasteiger partial charge >= 0.3 is 0 Å². The summed E-state index contributed by atoms with van der Waals surface area (Å²) in [5.74, 6) is 1.28. The molecule has 0 radical (unpaired) electrons. The fraction of sp³-hybridized carbons (Fsp3) is 0.333. The quantitative estimate of drug-likeness (QED) is 0.536. The van der Waals surface area contributed by atoms with Crippen molar-refractivity contribution in [3.63, 3.8) is 0 Å². The normalized spacial score (nSPS) is 20.1. The predicted octanol–water partition coefficient (Wildman–Crippen LogP) is 3.44. The van der Waals surface area contributed by atoms with Gasteiger partial charge in [0.1, 0.15) is 11.9 Å². The highest BCUT2D eigenvalue weighted by atomic mass is 16.3. The molecule has 1 aromatic carbocycles. The maximum Gasteiger partial charge on any atom is 0.253 e. The molecule has 1 fully saturated rings. The van der Waals surface area contributed by atoms with Crippen LogP contribution in [-0.2, 0) is 0 Å². The summed E-state index contributed by atoms with van der Waals surface area (Å²) >= 11 is 0. The molecule has 7 heteroatoms. The highest BCUT2D eigenvalue weighted by molar-refractivity contribution is 5.97. The third-order valence-electron chi connectivity index (χ3n) is 5.73. The maximum absolute atomic E-state index is 13.2. The summed E-state index contributed by atoms with van der Waals surface area (Å²) in [6.07, 6.45) is 4.12. The third kappa shape index (κ3) is 2.74. The van der Waals surface area contributed by atoms with Crippen molar-refractivity contribution in [3.8, 4) is 0 Å². The number of furan rings is 1. The monoisotopic (exact) mass is 375 g/mol. The molecule has 5 rings (SSSR count). The van der Waals surface area contributed by atoms with Crippen molar-refractivity contribution in [1.29, 1.82) is 0 Å². The smallest absolute Gasteiger partial charge is 0.253 e. The van der Waals surface area contributed by atoms with Crippen molar-refractivity contribution in [2.45, 2.75) is 26.2 Å². The summed E-state index contributed by atoms with van der Waals surface area (Å²) < 4.78 is 7.19. The fourth-order valence-electron chi connectivity index (χ4n) is 4.14. The molecule has 28 heavy (non-hydrogen) atoms. The van der Waals surface area contributed by atoms with Gasteiger partial charge in [0.2, 0.25) is 0 Å². The van der Waals surface area contributed by atoms with Gasteiger partial charge in [0, 0.05) is 35.7 Å². The number of fused-ring (bicyclic) bond motifs is 2. The van der Waals surface area contributed by atoms with Crippen LogP contribution in [0.25, 0.3) is 16.7 Å².